The molecule has 0 atom stereocenters. The van der Waals surface area contributed by atoms with Gasteiger partial charge in [0, 0.05) is 44.5 Å². The highest BCUT2D eigenvalue weighted by atomic mass is 16.5. The summed E-state index contributed by atoms with van der Waals surface area (Å²) in [6.45, 7) is 4.48. The van der Waals surface area contributed by atoms with Crippen molar-refractivity contribution in [1.29, 1.82) is 0 Å². The number of hydrogen-bond donors (Lipinski definition) is 0. The third-order valence-corrected chi connectivity index (χ3v) is 9.67. The summed E-state index contributed by atoms with van der Waals surface area (Å²) < 4.78 is 13.5. The molecule has 45 heavy (non-hydrogen) atoms. The van der Waals surface area contributed by atoms with Gasteiger partial charge in [-0.3, -0.25) is 4.57 Å². The van der Waals surface area contributed by atoms with Gasteiger partial charge in [0.2, 0.25) is 0 Å². The van der Waals surface area contributed by atoms with Crippen LogP contribution in [0.2, 0.25) is 0 Å². The van der Waals surface area contributed by atoms with E-state index in [-0.39, 0.29) is 5.54 Å². The molecular formula is C40H28N4O. The Balaban J connectivity index is 1.18. The summed E-state index contributed by atoms with van der Waals surface area (Å²) in [4.78, 5) is 4.85. The van der Waals surface area contributed by atoms with Crippen LogP contribution < -0.4 is 4.74 Å². The Hall–Kier alpha value is -5.81. The predicted molar refractivity (Wildman–Crippen MR) is 183 cm³/mol. The molecule has 4 heterocycles. The van der Waals surface area contributed by atoms with E-state index in [1.54, 1.807) is 0 Å². The summed E-state index contributed by atoms with van der Waals surface area (Å²) in [5, 5.41) is 4.96. The van der Waals surface area contributed by atoms with E-state index in [1.807, 2.05) is 12.1 Å². The van der Waals surface area contributed by atoms with Crippen molar-refractivity contribution in [2.75, 3.05) is 0 Å². The SMILES string of the molecule is CC1(C)c2ccc(-n3c4ccccc4c4cc(-n5c6ccccc6c6ccccc65)ccc43)cc2Oc2nc3ccccc3n21. The Kier molecular flexibility index (Phi) is 4.73. The van der Waals surface area contributed by atoms with Gasteiger partial charge in [-0.25, -0.2) is 0 Å². The molecule has 0 fully saturated rings. The molecule has 0 amide bonds. The van der Waals surface area contributed by atoms with Crippen LogP contribution in [0.25, 0.3) is 66.0 Å². The van der Waals surface area contributed by atoms with Crippen molar-refractivity contribution in [2.24, 2.45) is 0 Å². The maximum absolute atomic E-state index is 6.55. The second-order valence-corrected chi connectivity index (χ2v) is 12.5. The quantitative estimate of drug-likeness (QED) is 0.204. The lowest BCUT2D eigenvalue weighted by Gasteiger charge is -2.35. The minimum Gasteiger partial charge on any atom is -0.425 e. The molecule has 0 aliphatic carbocycles. The van der Waals surface area contributed by atoms with Crippen LogP contribution in [0.15, 0.2) is 133 Å². The van der Waals surface area contributed by atoms with E-state index >= 15 is 0 Å². The molecule has 0 N–H and O–H groups in total. The highest BCUT2D eigenvalue weighted by Gasteiger charge is 2.36. The molecule has 3 aromatic heterocycles. The molecule has 6 aromatic carbocycles. The summed E-state index contributed by atoms with van der Waals surface area (Å²) in [6.07, 6.45) is 0. The molecule has 0 saturated carbocycles. The van der Waals surface area contributed by atoms with Crippen molar-refractivity contribution in [3.05, 3.63) is 139 Å². The van der Waals surface area contributed by atoms with Crippen molar-refractivity contribution in [2.45, 2.75) is 19.4 Å². The Morgan fingerprint density at radius 1 is 0.511 bits per heavy atom. The van der Waals surface area contributed by atoms with Crippen molar-refractivity contribution in [1.82, 2.24) is 18.7 Å². The van der Waals surface area contributed by atoms with Crippen molar-refractivity contribution >= 4 is 54.6 Å². The summed E-state index contributed by atoms with van der Waals surface area (Å²) in [6, 6.07) is 48.3. The van der Waals surface area contributed by atoms with Gasteiger partial charge >= 0.3 is 6.01 Å². The Labute approximate surface area is 259 Å². The molecule has 0 radical (unpaired) electrons. The minimum absolute atomic E-state index is 0.324. The molecule has 5 nitrogen and oxygen atoms in total. The highest BCUT2D eigenvalue weighted by Crippen LogP contribution is 2.46. The molecule has 9 aromatic rings. The summed E-state index contributed by atoms with van der Waals surface area (Å²) in [5.41, 5.74) is 9.78. The monoisotopic (exact) mass is 580 g/mol. The first-order chi connectivity index (χ1) is 22.1. The van der Waals surface area contributed by atoms with E-state index < -0.39 is 0 Å². The van der Waals surface area contributed by atoms with Crippen LogP contribution in [-0.2, 0) is 5.54 Å². The number of benzene rings is 6. The molecule has 1 aliphatic rings. The van der Waals surface area contributed by atoms with Gasteiger partial charge in [0.05, 0.1) is 38.6 Å². The minimum atomic E-state index is -0.324. The normalized spacial score (nSPS) is 13.9. The van der Waals surface area contributed by atoms with Crippen LogP contribution in [0, 0.1) is 0 Å². The fourth-order valence-corrected chi connectivity index (χ4v) is 7.65. The van der Waals surface area contributed by atoms with E-state index in [4.69, 9.17) is 9.72 Å². The van der Waals surface area contributed by atoms with Crippen LogP contribution in [0.1, 0.15) is 19.4 Å². The molecule has 10 rings (SSSR count). The number of ether oxygens (including phenoxy) is 1. The number of hydrogen-bond acceptors (Lipinski definition) is 2. The fourth-order valence-electron chi connectivity index (χ4n) is 7.65. The van der Waals surface area contributed by atoms with Gasteiger partial charge in [0.15, 0.2) is 0 Å². The number of aromatic nitrogens is 4. The second-order valence-electron chi connectivity index (χ2n) is 12.5. The van der Waals surface area contributed by atoms with Crippen molar-refractivity contribution < 1.29 is 4.74 Å². The summed E-state index contributed by atoms with van der Waals surface area (Å²) in [7, 11) is 0. The summed E-state index contributed by atoms with van der Waals surface area (Å²) >= 11 is 0. The average molecular weight is 581 g/mol. The van der Waals surface area contributed by atoms with E-state index in [0.29, 0.717) is 6.01 Å². The van der Waals surface area contributed by atoms with Gasteiger partial charge in [-0.05, 0) is 68.4 Å². The standard InChI is InChI=1S/C40H28N4O/c1-40(2)31-21-19-26(24-38(31)45-39-41-32-14-6-10-18-37(32)44(39)40)43-35-17-9-5-13-29(35)30-23-25(20-22-36(30)43)42-33-15-7-3-11-27(33)28-12-4-8-16-34(28)42/h3-24H,1-2H3. The van der Waals surface area contributed by atoms with E-state index in [0.717, 1.165) is 44.8 Å². The van der Waals surface area contributed by atoms with Gasteiger partial charge < -0.3 is 13.9 Å². The zero-order valence-corrected chi connectivity index (χ0v) is 24.9. The van der Waals surface area contributed by atoms with E-state index in [9.17, 15) is 0 Å². The Morgan fingerprint density at radius 3 is 1.69 bits per heavy atom. The topological polar surface area (TPSA) is 36.9 Å². The molecule has 0 spiro atoms. The lowest BCUT2D eigenvalue weighted by Crippen LogP contribution is -2.31. The summed E-state index contributed by atoms with van der Waals surface area (Å²) in [5.74, 6) is 0.841. The molecular weight excluding hydrogens is 552 g/mol. The van der Waals surface area contributed by atoms with Crippen molar-refractivity contribution in [3.8, 4) is 23.1 Å². The van der Waals surface area contributed by atoms with Gasteiger partial charge in [-0.1, -0.05) is 72.8 Å². The first-order valence-electron chi connectivity index (χ1n) is 15.4. The van der Waals surface area contributed by atoms with Crippen LogP contribution >= 0.6 is 0 Å². The van der Waals surface area contributed by atoms with Gasteiger partial charge in [-0.15, -0.1) is 0 Å². The number of para-hydroxylation sites is 5. The molecule has 0 bridgehead atoms. The maximum atomic E-state index is 6.55. The van der Waals surface area contributed by atoms with Gasteiger partial charge in [0.1, 0.15) is 5.75 Å². The largest absolute Gasteiger partial charge is 0.425 e. The zero-order valence-electron chi connectivity index (χ0n) is 24.9. The molecule has 0 unspecified atom stereocenters. The third kappa shape index (κ3) is 3.24. The van der Waals surface area contributed by atoms with Gasteiger partial charge in [-0.2, -0.15) is 4.98 Å². The number of fused-ring (bicyclic) bond motifs is 10. The van der Waals surface area contributed by atoms with E-state index in [2.05, 4.69) is 149 Å². The van der Waals surface area contributed by atoms with Crippen molar-refractivity contribution in [3.63, 3.8) is 0 Å². The molecule has 0 saturated heterocycles. The lowest BCUT2D eigenvalue weighted by atomic mass is 9.91. The van der Waals surface area contributed by atoms with Crippen LogP contribution in [-0.4, -0.2) is 18.7 Å². The van der Waals surface area contributed by atoms with Crippen LogP contribution in [0.3, 0.4) is 0 Å². The smallest absolute Gasteiger partial charge is 0.303 e. The zero-order chi connectivity index (χ0) is 29.9. The molecule has 1 aliphatic heterocycles. The molecule has 214 valence electrons. The Morgan fingerprint density at radius 2 is 1.02 bits per heavy atom. The van der Waals surface area contributed by atoms with Crippen LogP contribution in [0.5, 0.6) is 11.8 Å². The third-order valence-electron chi connectivity index (χ3n) is 9.67. The molecule has 5 heteroatoms. The first kappa shape index (κ1) is 24.6. The number of rotatable bonds is 2. The van der Waals surface area contributed by atoms with Gasteiger partial charge in [0.25, 0.3) is 0 Å². The number of imidazole rings is 1. The fraction of sp³-hybridized carbons (Fsp3) is 0.0750. The first-order valence-corrected chi connectivity index (χ1v) is 15.4. The van der Waals surface area contributed by atoms with E-state index in [1.165, 1.54) is 32.6 Å². The highest BCUT2D eigenvalue weighted by molar-refractivity contribution is 6.12. The lowest BCUT2D eigenvalue weighted by molar-refractivity contribution is 0.306. The second kappa shape index (κ2) is 8.64. The Bertz CT molecular complexity index is 2610. The number of nitrogens with zero attached hydrogens (tertiary/aromatic N) is 4. The predicted octanol–water partition coefficient (Wildman–Crippen LogP) is 10.1. The van der Waals surface area contributed by atoms with Crippen LogP contribution in [0.4, 0.5) is 0 Å². The maximum Gasteiger partial charge on any atom is 0.303 e. The average Bonchev–Trinajstić information content (AvgIpc) is 3.72.